The van der Waals surface area contributed by atoms with Gasteiger partial charge in [0.1, 0.15) is 16.9 Å². The lowest BCUT2D eigenvalue weighted by Gasteiger charge is -2.15. The zero-order valence-corrected chi connectivity index (χ0v) is 11.9. The number of pyridine rings is 1. The molecule has 0 radical (unpaired) electrons. The van der Waals surface area contributed by atoms with Crippen LogP contribution >= 0.6 is 22.9 Å². The van der Waals surface area contributed by atoms with Gasteiger partial charge in [0.15, 0.2) is 0 Å². The molecule has 0 spiro atoms. The minimum absolute atomic E-state index is 0.0287. The monoisotopic (exact) mass is 312 g/mol. The van der Waals surface area contributed by atoms with Gasteiger partial charge in [0, 0.05) is 12.4 Å². The van der Waals surface area contributed by atoms with Crippen molar-refractivity contribution in [3.05, 3.63) is 49.7 Å². The number of nitrogens with zero attached hydrogens (tertiary/aromatic N) is 4. The highest BCUT2D eigenvalue weighted by atomic mass is 35.5. The van der Waals surface area contributed by atoms with Crippen LogP contribution in [0.3, 0.4) is 0 Å². The number of halogens is 1. The minimum Gasteiger partial charge on any atom is -0.336 e. The average molecular weight is 313 g/mol. The number of amides is 1. The van der Waals surface area contributed by atoms with E-state index in [0.717, 1.165) is 6.20 Å². The summed E-state index contributed by atoms with van der Waals surface area (Å²) in [6, 6.07) is 1.19. The van der Waals surface area contributed by atoms with Crippen molar-refractivity contribution >= 4 is 34.5 Å². The van der Waals surface area contributed by atoms with Crippen molar-refractivity contribution in [2.75, 3.05) is 7.05 Å². The molecular formula is C11H9ClN4O3S. The fourth-order valence-corrected chi connectivity index (χ4v) is 2.28. The van der Waals surface area contributed by atoms with Gasteiger partial charge >= 0.3 is 0 Å². The van der Waals surface area contributed by atoms with Gasteiger partial charge in [-0.1, -0.05) is 11.6 Å². The van der Waals surface area contributed by atoms with Crippen molar-refractivity contribution in [1.29, 1.82) is 0 Å². The molecule has 0 saturated carbocycles. The van der Waals surface area contributed by atoms with Crippen LogP contribution in [-0.2, 0) is 6.54 Å². The standard InChI is InChI=1S/C11H9ClN4O3S/c1-15(4-7-5-20-6-14-7)11(17)8-2-10(12)13-3-9(8)16(18)19/h2-3,5-6H,4H2,1H3. The second kappa shape index (κ2) is 5.93. The Morgan fingerprint density at radius 3 is 2.90 bits per heavy atom. The van der Waals surface area contributed by atoms with E-state index in [4.69, 9.17) is 11.6 Å². The molecular weight excluding hydrogens is 304 g/mol. The molecule has 0 saturated heterocycles. The van der Waals surface area contributed by atoms with Crippen molar-refractivity contribution in [1.82, 2.24) is 14.9 Å². The number of hydrogen-bond acceptors (Lipinski definition) is 6. The summed E-state index contributed by atoms with van der Waals surface area (Å²) in [4.78, 5) is 31.5. The Labute approximate surface area is 123 Å². The molecule has 0 aliphatic rings. The van der Waals surface area contributed by atoms with Crippen LogP contribution in [0.1, 0.15) is 16.1 Å². The summed E-state index contributed by atoms with van der Waals surface area (Å²) in [6.45, 7) is 0.263. The van der Waals surface area contributed by atoms with E-state index in [9.17, 15) is 14.9 Å². The molecule has 2 aromatic heterocycles. The number of carbonyl (C=O) groups is 1. The molecule has 104 valence electrons. The van der Waals surface area contributed by atoms with Crippen LogP contribution in [0.2, 0.25) is 5.15 Å². The van der Waals surface area contributed by atoms with E-state index in [0.29, 0.717) is 5.69 Å². The van der Waals surface area contributed by atoms with Gasteiger partial charge in [-0.2, -0.15) is 0 Å². The molecule has 2 rings (SSSR count). The van der Waals surface area contributed by atoms with Gasteiger partial charge < -0.3 is 4.90 Å². The predicted molar refractivity (Wildman–Crippen MR) is 73.8 cm³/mol. The molecule has 0 unspecified atom stereocenters. The van der Waals surface area contributed by atoms with Gasteiger partial charge in [0.25, 0.3) is 11.6 Å². The van der Waals surface area contributed by atoms with Crippen LogP contribution in [0.5, 0.6) is 0 Å². The summed E-state index contributed by atoms with van der Waals surface area (Å²) in [5.41, 5.74) is 1.91. The lowest BCUT2D eigenvalue weighted by molar-refractivity contribution is -0.385. The van der Waals surface area contributed by atoms with E-state index in [2.05, 4.69) is 9.97 Å². The van der Waals surface area contributed by atoms with E-state index in [1.54, 1.807) is 17.9 Å². The molecule has 9 heteroatoms. The Kier molecular flexibility index (Phi) is 4.26. The lowest BCUT2D eigenvalue weighted by atomic mass is 10.2. The van der Waals surface area contributed by atoms with E-state index < -0.39 is 10.8 Å². The number of hydrogen-bond donors (Lipinski definition) is 0. The van der Waals surface area contributed by atoms with E-state index in [1.165, 1.54) is 22.3 Å². The molecule has 2 heterocycles. The van der Waals surface area contributed by atoms with Gasteiger partial charge in [-0.25, -0.2) is 9.97 Å². The summed E-state index contributed by atoms with van der Waals surface area (Å²) in [7, 11) is 1.54. The maximum absolute atomic E-state index is 12.3. The van der Waals surface area contributed by atoms with Crippen LogP contribution < -0.4 is 0 Å². The molecule has 0 aliphatic heterocycles. The summed E-state index contributed by atoms with van der Waals surface area (Å²) < 4.78 is 0. The molecule has 0 N–H and O–H groups in total. The Morgan fingerprint density at radius 2 is 2.30 bits per heavy atom. The zero-order valence-electron chi connectivity index (χ0n) is 10.3. The van der Waals surface area contributed by atoms with Crippen molar-refractivity contribution in [3.63, 3.8) is 0 Å². The topological polar surface area (TPSA) is 89.2 Å². The van der Waals surface area contributed by atoms with Crippen molar-refractivity contribution < 1.29 is 9.72 Å². The third-order valence-corrected chi connectivity index (χ3v) is 3.35. The number of aromatic nitrogens is 2. The first-order valence-corrected chi connectivity index (χ1v) is 6.73. The minimum atomic E-state index is -0.659. The lowest BCUT2D eigenvalue weighted by Crippen LogP contribution is -2.27. The van der Waals surface area contributed by atoms with Crippen molar-refractivity contribution in [3.8, 4) is 0 Å². The van der Waals surface area contributed by atoms with E-state index in [1.807, 2.05) is 0 Å². The number of rotatable bonds is 4. The number of nitro groups is 1. The molecule has 1 amide bonds. The second-order valence-corrected chi connectivity index (χ2v) is 5.03. The molecule has 0 fully saturated rings. The first-order chi connectivity index (χ1) is 9.49. The molecule has 0 atom stereocenters. The fraction of sp³-hybridized carbons (Fsp3) is 0.182. The maximum Gasteiger partial charge on any atom is 0.300 e. The Balaban J connectivity index is 2.28. The summed E-state index contributed by atoms with van der Waals surface area (Å²) >= 11 is 7.11. The summed E-state index contributed by atoms with van der Waals surface area (Å²) in [5.74, 6) is -0.506. The molecule has 0 bridgehead atoms. The highest BCUT2D eigenvalue weighted by molar-refractivity contribution is 7.07. The number of carbonyl (C=O) groups excluding carboxylic acids is 1. The highest BCUT2D eigenvalue weighted by Gasteiger charge is 2.24. The molecule has 0 aromatic carbocycles. The summed E-state index contributed by atoms with van der Waals surface area (Å²) in [5, 5.41) is 12.8. The maximum atomic E-state index is 12.3. The highest BCUT2D eigenvalue weighted by Crippen LogP contribution is 2.22. The molecule has 20 heavy (non-hydrogen) atoms. The fourth-order valence-electron chi connectivity index (χ4n) is 1.58. The van der Waals surface area contributed by atoms with Crippen LogP contribution in [0.25, 0.3) is 0 Å². The molecule has 2 aromatic rings. The Hall–Kier alpha value is -2.06. The van der Waals surface area contributed by atoms with Gasteiger partial charge in [-0.05, 0) is 6.07 Å². The van der Waals surface area contributed by atoms with Crippen LogP contribution in [0.4, 0.5) is 5.69 Å². The largest absolute Gasteiger partial charge is 0.336 e. The summed E-state index contributed by atoms with van der Waals surface area (Å²) in [6.07, 6.45) is 0.978. The SMILES string of the molecule is CN(Cc1cscn1)C(=O)c1cc(Cl)ncc1[N+](=O)[O-]. The van der Waals surface area contributed by atoms with E-state index in [-0.39, 0.29) is 22.9 Å². The van der Waals surface area contributed by atoms with Gasteiger partial charge in [0.05, 0.1) is 22.7 Å². The third-order valence-electron chi connectivity index (χ3n) is 2.51. The van der Waals surface area contributed by atoms with Crippen LogP contribution in [0.15, 0.2) is 23.2 Å². The smallest absolute Gasteiger partial charge is 0.300 e. The predicted octanol–water partition coefficient (Wildman–Crippen LogP) is 2.37. The average Bonchev–Trinajstić information content (AvgIpc) is 2.90. The normalized spacial score (nSPS) is 10.3. The third kappa shape index (κ3) is 3.09. The Bertz CT molecular complexity index is 647. The quantitative estimate of drug-likeness (QED) is 0.491. The van der Waals surface area contributed by atoms with Crippen LogP contribution in [-0.4, -0.2) is 32.7 Å². The zero-order chi connectivity index (χ0) is 14.7. The molecule has 0 aliphatic carbocycles. The van der Waals surface area contributed by atoms with Crippen molar-refractivity contribution in [2.24, 2.45) is 0 Å². The van der Waals surface area contributed by atoms with Crippen molar-refractivity contribution in [2.45, 2.75) is 6.54 Å². The van der Waals surface area contributed by atoms with Crippen LogP contribution in [0, 0.1) is 10.1 Å². The van der Waals surface area contributed by atoms with Gasteiger partial charge in [0.2, 0.25) is 0 Å². The first-order valence-electron chi connectivity index (χ1n) is 5.41. The van der Waals surface area contributed by atoms with E-state index >= 15 is 0 Å². The van der Waals surface area contributed by atoms with Gasteiger partial charge in [-0.3, -0.25) is 14.9 Å². The van der Waals surface area contributed by atoms with Gasteiger partial charge in [-0.15, -0.1) is 11.3 Å². The number of thiazole rings is 1. The molecule has 7 nitrogen and oxygen atoms in total. The first kappa shape index (κ1) is 14.4. The Morgan fingerprint density at radius 1 is 1.55 bits per heavy atom. The second-order valence-electron chi connectivity index (χ2n) is 3.92.